The first-order valence-corrected chi connectivity index (χ1v) is 9.72. The van der Waals surface area contributed by atoms with Crippen LogP contribution in [0, 0.1) is 5.82 Å². The zero-order valence-corrected chi connectivity index (χ0v) is 15.5. The Kier molecular flexibility index (Phi) is 5.20. The van der Waals surface area contributed by atoms with Gasteiger partial charge in [-0.25, -0.2) is 4.39 Å². The SMILES string of the molecule is COc1cccc(CN2CCC(c3nnc4n3CCCCC4)CC2)c1F. The van der Waals surface area contributed by atoms with E-state index < -0.39 is 0 Å². The number of aryl methyl sites for hydroxylation is 1. The zero-order chi connectivity index (χ0) is 17.9. The molecule has 2 aliphatic rings. The highest BCUT2D eigenvalue weighted by molar-refractivity contribution is 5.31. The molecule has 4 rings (SSSR count). The van der Waals surface area contributed by atoms with E-state index >= 15 is 0 Å². The second-order valence-corrected chi connectivity index (χ2v) is 7.42. The van der Waals surface area contributed by atoms with Gasteiger partial charge in [0.1, 0.15) is 11.6 Å². The molecule has 0 saturated carbocycles. The molecule has 1 aromatic carbocycles. The molecule has 5 nitrogen and oxygen atoms in total. The molecular formula is C20H27FN4O. The predicted octanol–water partition coefficient (Wildman–Crippen LogP) is 3.53. The third-order valence-corrected chi connectivity index (χ3v) is 5.75. The largest absolute Gasteiger partial charge is 0.494 e. The molecule has 140 valence electrons. The Balaban J connectivity index is 1.40. The average molecular weight is 358 g/mol. The highest BCUT2D eigenvalue weighted by atomic mass is 19.1. The van der Waals surface area contributed by atoms with E-state index in [2.05, 4.69) is 19.7 Å². The third-order valence-electron chi connectivity index (χ3n) is 5.75. The van der Waals surface area contributed by atoms with Gasteiger partial charge in [-0.05, 0) is 44.8 Å². The molecule has 0 spiro atoms. The van der Waals surface area contributed by atoms with Crippen molar-refractivity contribution in [3.05, 3.63) is 41.2 Å². The molecule has 2 aromatic rings. The number of hydrogen-bond donors (Lipinski definition) is 0. The number of benzene rings is 1. The summed E-state index contributed by atoms with van der Waals surface area (Å²) in [5.41, 5.74) is 0.708. The van der Waals surface area contributed by atoms with Crippen molar-refractivity contribution < 1.29 is 9.13 Å². The average Bonchev–Trinajstić information content (AvgIpc) is 2.92. The minimum atomic E-state index is -0.236. The maximum atomic E-state index is 14.4. The number of fused-ring (bicyclic) bond motifs is 1. The van der Waals surface area contributed by atoms with Gasteiger partial charge in [0, 0.05) is 31.0 Å². The molecule has 26 heavy (non-hydrogen) atoms. The van der Waals surface area contributed by atoms with Gasteiger partial charge in [0.2, 0.25) is 0 Å². The van der Waals surface area contributed by atoms with Gasteiger partial charge in [-0.1, -0.05) is 18.6 Å². The Hall–Kier alpha value is -1.95. The monoisotopic (exact) mass is 358 g/mol. The van der Waals surface area contributed by atoms with Crippen molar-refractivity contribution in [1.82, 2.24) is 19.7 Å². The molecule has 6 heteroatoms. The minimum absolute atomic E-state index is 0.236. The summed E-state index contributed by atoms with van der Waals surface area (Å²) in [6.07, 6.45) is 6.91. The number of halogens is 1. The van der Waals surface area contributed by atoms with Gasteiger partial charge >= 0.3 is 0 Å². The summed E-state index contributed by atoms with van der Waals surface area (Å²) < 4.78 is 21.8. The summed E-state index contributed by atoms with van der Waals surface area (Å²) in [5.74, 6) is 2.90. The van der Waals surface area contributed by atoms with E-state index in [-0.39, 0.29) is 5.82 Å². The molecule has 1 fully saturated rings. The first kappa shape index (κ1) is 17.5. The molecule has 1 saturated heterocycles. The van der Waals surface area contributed by atoms with Crippen molar-refractivity contribution in [2.75, 3.05) is 20.2 Å². The van der Waals surface area contributed by atoms with Crippen LogP contribution < -0.4 is 4.74 Å². The predicted molar refractivity (Wildman–Crippen MR) is 97.8 cm³/mol. The minimum Gasteiger partial charge on any atom is -0.494 e. The van der Waals surface area contributed by atoms with Crippen molar-refractivity contribution in [2.24, 2.45) is 0 Å². The number of hydrogen-bond acceptors (Lipinski definition) is 4. The molecule has 0 unspecified atom stereocenters. The van der Waals surface area contributed by atoms with Crippen LogP contribution in [0.1, 0.15) is 55.2 Å². The molecule has 2 aliphatic heterocycles. The van der Waals surface area contributed by atoms with Crippen LogP contribution in [-0.2, 0) is 19.5 Å². The highest BCUT2D eigenvalue weighted by Gasteiger charge is 2.27. The third kappa shape index (κ3) is 3.47. The van der Waals surface area contributed by atoms with Crippen LogP contribution in [0.3, 0.4) is 0 Å². The highest BCUT2D eigenvalue weighted by Crippen LogP contribution is 2.30. The normalized spacial score (nSPS) is 19.2. The van der Waals surface area contributed by atoms with Crippen LogP contribution in [0.15, 0.2) is 18.2 Å². The van der Waals surface area contributed by atoms with E-state index in [0.717, 1.165) is 38.9 Å². The van der Waals surface area contributed by atoms with Crippen molar-refractivity contribution in [3.63, 3.8) is 0 Å². The number of rotatable bonds is 4. The van der Waals surface area contributed by atoms with E-state index in [0.29, 0.717) is 23.8 Å². The molecule has 0 bridgehead atoms. The maximum Gasteiger partial charge on any atom is 0.169 e. The lowest BCUT2D eigenvalue weighted by molar-refractivity contribution is 0.197. The van der Waals surface area contributed by atoms with Gasteiger partial charge in [0.15, 0.2) is 11.6 Å². The van der Waals surface area contributed by atoms with Gasteiger partial charge in [-0.15, -0.1) is 10.2 Å². The smallest absolute Gasteiger partial charge is 0.169 e. The molecule has 0 aliphatic carbocycles. The number of likely N-dealkylation sites (tertiary alicyclic amines) is 1. The van der Waals surface area contributed by atoms with Gasteiger partial charge in [-0.3, -0.25) is 4.90 Å². The molecular weight excluding hydrogens is 331 g/mol. The van der Waals surface area contributed by atoms with E-state index in [1.807, 2.05) is 12.1 Å². The number of aromatic nitrogens is 3. The molecule has 3 heterocycles. The van der Waals surface area contributed by atoms with Crippen molar-refractivity contribution in [2.45, 2.75) is 57.5 Å². The first-order chi connectivity index (χ1) is 12.8. The second kappa shape index (κ2) is 7.74. The lowest BCUT2D eigenvalue weighted by Gasteiger charge is -2.31. The van der Waals surface area contributed by atoms with Crippen LogP contribution in [0.4, 0.5) is 4.39 Å². The molecule has 1 aromatic heterocycles. The molecule has 0 N–H and O–H groups in total. The van der Waals surface area contributed by atoms with Crippen molar-refractivity contribution >= 4 is 0 Å². The van der Waals surface area contributed by atoms with E-state index in [1.54, 1.807) is 6.07 Å². The van der Waals surface area contributed by atoms with Crippen LogP contribution in [0.2, 0.25) is 0 Å². The van der Waals surface area contributed by atoms with Crippen LogP contribution in [-0.4, -0.2) is 39.9 Å². The standard InChI is InChI=1S/C20H27FN4O/c1-26-17-7-5-6-16(19(17)21)14-24-12-9-15(10-13-24)20-23-22-18-8-3-2-4-11-25(18)20/h5-7,15H,2-4,8-14H2,1H3. The maximum absolute atomic E-state index is 14.4. The summed E-state index contributed by atoms with van der Waals surface area (Å²) in [6.45, 7) is 3.62. The summed E-state index contributed by atoms with van der Waals surface area (Å²) in [6, 6.07) is 5.37. The zero-order valence-electron chi connectivity index (χ0n) is 15.5. The number of nitrogens with zero attached hydrogens (tertiary/aromatic N) is 4. The van der Waals surface area contributed by atoms with Crippen LogP contribution >= 0.6 is 0 Å². The fourth-order valence-corrected chi connectivity index (χ4v) is 4.24. The number of methoxy groups -OCH3 is 1. The van der Waals surface area contributed by atoms with Gasteiger partial charge in [0.05, 0.1) is 7.11 Å². The van der Waals surface area contributed by atoms with Gasteiger partial charge < -0.3 is 9.30 Å². The van der Waals surface area contributed by atoms with Crippen LogP contribution in [0.25, 0.3) is 0 Å². The second-order valence-electron chi connectivity index (χ2n) is 7.42. The molecule has 0 amide bonds. The summed E-state index contributed by atoms with van der Waals surface area (Å²) in [5, 5.41) is 8.97. The van der Waals surface area contributed by atoms with E-state index in [9.17, 15) is 4.39 Å². The lowest BCUT2D eigenvalue weighted by Crippen LogP contribution is -2.33. The summed E-state index contributed by atoms with van der Waals surface area (Å²) in [7, 11) is 1.51. The summed E-state index contributed by atoms with van der Waals surface area (Å²) >= 11 is 0. The Labute approximate surface area is 154 Å². The van der Waals surface area contributed by atoms with E-state index in [1.165, 1.54) is 38.0 Å². The Bertz CT molecular complexity index is 752. The van der Waals surface area contributed by atoms with Crippen LogP contribution in [0.5, 0.6) is 5.75 Å². The molecule has 0 atom stereocenters. The quantitative estimate of drug-likeness (QED) is 0.839. The van der Waals surface area contributed by atoms with Crippen molar-refractivity contribution in [3.8, 4) is 5.75 Å². The van der Waals surface area contributed by atoms with Crippen molar-refractivity contribution in [1.29, 1.82) is 0 Å². The Morgan fingerprint density at radius 1 is 1.12 bits per heavy atom. The van der Waals surface area contributed by atoms with E-state index in [4.69, 9.17) is 4.74 Å². The number of piperidine rings is 1. The first-order valence-electron chi connectivity index (χ1n) is 9.72. The number of ether oxygens (including phenoxy) is 1. The Morgan fingerprint density at radius 2 is 1.96 bits per heavy atom. The topological polar surface area (TPSA) is 43.2 Å². The van der Waals surface area contributed by atoms with Gasteiger partial charge in [-0.2, -0.15) is 0 Å². The fraction of sp³-hybridized carbons (Fsp3) is 0.600. The summed E-state index contributed by atoms with van der Waals surface area (Å²) in [4.78, 5) is 2.33. The molecule has 0 radical (unpaired) electrons. The van der Waals surface area contributed by atoms with Gasteiger partial charge in [0.25, 0.3) is 0 Å². The Morgan fingerprint density at radius 3 is 2.77 bits per heavy atom. The fourth-order valence-electron chi connectivity index (χ4n) is 4.24. The lowest BCUT2D eigenvalue weighted by atomic mass is 9.95.